The third-order valence-electron chi connectivity index (χ3n) is 3.80. The van der Waals surface area contributed by atoms with Crippen molar-refractivity contribution in [2.75, 3.05) is 26.3 Å². The molecule has 0 bridgehead atoms. The molecule has 4 nitrogen and oxygen atoms in total. The van der Waals surface area contributed by atoms with Gasteiger partial charge in [0.05, 0.1) is 19.8 Å². The maximum Gasteiger partial charge on any atom is 0.126 e. The molecule has 0 spiro atoms. The summed E-state index contributed by atoms with van der Waals surface area (Å²) in [5, 5.41) is 9.77. The van der Waals surface area contributed by atoms with Crippen LogP contribution in [0.3, 0.4) is 0 Å². The van der Waals surface area contributed by atoms with Crippen LogP contribution in [0.4, 0.5) is 0 Å². The van der Waals surface area contributed by atoms with E-state index in [4.69, 9.17) is 17.3 Å². The molecule has 1 aromatic carbocycles. The van der Waals surface area contributed by atoms with Crippen LogP contribution in [0, 0.1) is 0 Å². The predicted octanol–water partition coefficient (Wildman–Crippen LogP) is 1.17. The topological polar surface area (TPSA) is 41.9 Å². The molecule has 5 heteroatoms. The maximum atomic E-state index is 9.77. The molecule has 1 N–H and O–H groups in total. The second-order valence-corrected chi connectivity index (χ2v) is 6.00. The fourth-order valence-corrected chi connectivity index (χ4v) is 2.60. The number of nitrogens with zero attached hydrogens (tertiary/aromatic N) is 1. The third-order valence-corrected chi connectivity index (χ3v) is 3.80. The largest absolute Gasteiger partial charge is 0.393 e. The molecule has 1 aromatic rings. The SMILES string of the molecule is [B][C@H]1CN(C(C)C)C[C@@](CO)(COCc2ccccc2)O1. The van der Waals surface area contributed by atoms with Gasteiger partial charge < -0.3 is 14.6 Å². The lowest BCUT2D eigenvalue weighted by Gasteiger charge is -2.46. The van der Waals surface area contributed by atoms with Gasteiger partial charge in [-0.25, -0.2) is 0 Å². The van der Waals surface area contributed by atoms with E-state index in [1.807, 2.05) is 30.3 Å². The zero-order valence-electron chi connectivity index (χ0n) is 12.9. The second kappa shape index (κ2) is 7.41. The van der Waals surface area contributed by atoms with Crippen LogP contribution < -0.4 is 0 Å². The van der Waals surface area contributed by atoms with Crippen LogP contribution in [0.5, 0.6) is 0 Å². The molecule has 0 amide bonds. The lowest BCUT2D eigenvalue weighted by molar-refractivity contribution is -0.182. The van der Waals surface area contributed by atoms with Crippen molar-refractivity contribution in [3.05, 3.63) is 35.9 Å². The summed E-state index contributed by atoms with van der Waals surface area (Å²) >= 11 is 0. The van der Waals surface area contributed by atoms with Crippen molar-refractivity contribution in [3.8, 4) is 0 Å². The fourth-order valence-electron chi connectivity index (χ4n) is 2.60. The van der Waals surface area contributed by atoms with Gasteiger partial charge in [0.25, 0.3) is 0 Å². The Morgan fingerprint density at radius 3 is 2.76 bits per heavy atom. The smallest absolute Gasteiger partial charge is 0.126 e. The minimum absolute atomic E-state index is 0.0985. The first-order valence-corrected chi connectivity index (χ1v) is 7.45. The van der Waals surface area contributed by atoms with Crippen LogP contribution in [0.25, 0.3) is 0 Å². The summed E-state index contributed by atoms with van der Waals surface area (Å²) in [7, 11) is 5.97. The molecule has 1 saturated heterocycles. The molecule has 0 aliphatic carbocycles. The Hall–Kier alpha value is -0.875. The lowest BCUT2D eigenvalue weighted by atomic mass is 9.92. The van der Waals surface area contributed by atoms with E-state index in [-0.39, 0.29) is 6.61 Å². The monoisotopic (exact) mass is 289 g/mol. The van der Waals surface area contributed by atoms with Crippen molar-refractivity contribution in [2.24, 2.45) is 0 Å². The number of ether oxygens (including phenoxy) is 2. The fraction of sp³-hybridized carbons (Fsp3) is 0.625. The van der Waals surface area contributed by atoms with E-state index in [0.29, 0.717) is 32.3 Å². The summed E-state index contributed by atoms with van der Waals surface area (Å²) in [4.78, 5) is 2.22. The van der Waals surface area contributed by atoms with E-state index in [2.05, 4.69) is 18.7 Å². The highest BCUT2D eigenvalue weighted by atomic mass is 16.6. The van der Waals surface area contributed by atoms with Gasteiger partial charge in [-0.05, 0) is 19.4 Å². The number of aliphatic hydroxyl groups excluding tert-OH is 1. The molecule has 1 heterocycles. The minimum Gasteiger partial charge on any atom is -0.393 e. The average molecular weight is 289 g/mol. The van der Waals surface area contributed by atoms with Crippen LogP contribution in [0.15, 0.2) is 30.3 Å². The van der Waals surface area contributed by atoms with Crippen molar-refractivity contribution in [3.63, 3.8) is 0 Å². The van der Waals surface area contributed by atoms with Gasteiger partial charge >= 0.3 is 0 Å². The molecule has 2 rings (SSSR count). The summed E-state index contributed by atoms with van der Waals surface area (Å²) in [6.07, 6.45) is 0. The molecule has 0 aromatic heterocycles. The van der Waals surface area contributed by atoms with Crippen LogP contribution in [0.1, 0.15) is 19.4 Å². The number of hydrogen-bond donors (Lipinski definition) is 1. The number of rotatable bonds is 6. The highest BCUT2D eigenvalue weighted by Crippen LogP contribution is 2.23. The van der Waals surface area contributed by atoms with Crippen LogP contribution in [-0.2, 0) is 16.1 Å². The average Bonchev–Trinajstić information content (AvgIpc) is 2.47. The first-order chi connectivity index (χ1) is 10.0. The highest BCUT2D eigenvalue weighted by Gasteiger charge is 2.39. The molecular formula is C16H24BNO3. The Labute approximate surface area is 128 Å². The summed E-state index contributed by atoms with van der Waals surface area (Å²) in [5.41, 5.74) is 0.364. The molecular weight excluding hydrogens is 265 g/mol. The second-order valence-electron chi connectivity index (χ2n) is 6.00. The molecule has 0 saturated carbocycles. The quantitative estimate of drug-likeness (QED) is 0.798. The lowest BCUT2D eigenvalue weighted by Crippen LogP contribution is -2.61. The van der Waals surface area contributed by atoms with Gasteiger partial charge in [0, 0.05) is 25.1 Å². The Bertz CT molecular complexity index is 429. The number of morpholine rings is 1. The van der Waals surface area contributed by atoms with Gasteiger partial charge in [0.2, 0.25) is 0 Å². The third kappa shape index (κ3) is 4.55. The molecule has 114 valence electrons. The molecule has 0 unspecified atom stereocenters. The van der Waals surface area contributed by atoms with Crippen LogP contribution in [-0.4, -0.2) is 61.8 Å². The summed E-state index contributed by atoms with van der Waals surface area (Å²) in [6.45, 7) is 6.27. The van der Waals surface area contributed by atoms with Gasteiger partial charge in [0.1, 0.15) is 13.4 Å². The standard InChI is InChI=1S/C16H24BNO3/c1-13(2)18-8-15(17)21-16(10-18,11-19)12-20-9-14-6-4-3-5-7-14/h3-7,13,15,19H,8-12H2,1-2H3/t15-,16-/m1/s1. The van der Waals surface area contributed by atoms with Gasteiger partial charge in [-0.3, -0.25) is 4.90 Å². The van der Waals surface area contributed by atoms with Gasteiger partial charge in [-0.1, -0.05) is 30.3 Å². The highest BCUT2D eigenvalue weighted by molar-refractivity contribution is 6.11. The molecule has 2 radical (unpaired) electrons. The Balaban J connectivity index is 1.93. The van der Waals surface area contributed by atoms with Crippen LogP contribution in [0.2, 0.25) is 0 Å². The zero-order chi connectivity index (χ0) is 15.3. The molecule has 2 atom stereocenters. The van der Waals surface area contributed by atoms with Gasteiger partial charge in [0.15, 0.2) is 0 Å². The molecule has 1 aliphatic heterocycles. The van der Waals surface area contributed by atoms with Crippen LogP contribution >= 0.6 is 0 Å². The Kier molecular flexibility index (Phi) is 5.82. The Morgan fingerprint density at radius 1 is 1.43 bits per heavy atom. The molecule has 21 heavy (non-hydrogen) atoms. The Morgan fingerprint density at radius 2 is 2.14 bits per heavy atom. The van der Waals surface area contributed by atoms with Crippen molar-refractivity contribution in [1.29, 1.82) is 0 Å². The van der Waals surface area contributed by atoms with E-state index in [0.717, 1.165) is 5.56 Å². The number of hydrogen-bond acceptors (Lipinski definition) is 4. The number of aliphatic hydroxyl groups is 1. The maximum absolute atomic E-state index is 9.77. The van der Waals surface area contributed by atoms with Gasteiger partial charge in [-0.15, -0.1) is 0 Å². The first kappa shape index (κ1) is 16.5. The first-order valence-electron chi connectivity index (χ1n) is 7.45. The summed E-state index contributed by atoms with van der Waals surface area (Å²) < 4.78 is 11.6. The van der Waals surface area contributed by atoms with E-state index < -0.39 is 11.6 Å². The van der Waals surface area contributed by atoms with Crippen molar-refractivity contribution in [1.82, 2.24) is 4.90 Å². The summed E-state index contributed by atoms with van der Waals surface area (Å²) in [5.74, 6) is 0. The minimum atomic E-state index is -0.739. The van der Waals surface area contributed by atoms with Crippen molar-refractivity contribution < 1.29 is 14.6 Å². The van der Waals surface area contributed by atoms with Crippen molar-refractivity contribution in [2.45, 2.75) is 38.1 Å². The molecule has 1 aliphatic rings. The normalized spacial score (nSPS) is 27.1. The van der Waals surface area contributed by atoms with E-state index >= 15 is 0 Å². The van der Waals surface area contributed by atoms with E-state index in [1.54, 1.807) is 0 Å². The zero-order valence-corrected chi connectivity index (χ0v) is 12.9. The van der Waals surface area contributed by atoms with E-state index in [1.165, 1.54) is 0 Å². The molecule has 1 fully saturated rings. The summed E-state index contributed by atoms with van der Waals surface area (Å²) in [6, 6.07) is 9.93. The predicted molar refractivity (Wildman–Crippen MR) is 83.3 cm³/mol. The number of benzene rings is 1. The van der Waals surface area contributed by atoms with Gasteiger partial charge in [-0.2, -0.15) is 0 Å². The van der Waals surface area contributed by atoms with E-state index in [9.17, 15) is 5.11 Å². The van der Waals surface area contributed by atoms with Crippen molar-refractivity contribution >= 4 is 7.85 Å².